The van der Waals surface area contributed by atoms with Crippen LogP contribution in [0.5, 0.6) is 0 Å². The third-order valence-corrected chi connectivity index (χ3v) is 1.66. The van der Waals surface area contributed by atoms with Gasteiger partial charge in [0, 0.05) is 6.07 Å². The second-order valence-electron chi connectivity index (χ2n) is 2.49. The van der Waals surface area contributed by atoms with Gasteiger partial charge in [-0.15, -0.1) is 0 Å². The van der Waals surface area contributed by atoms with E-state index >= 15 is 0 Å². The van der Waals surface area contributed by atoms with E-state index in [2.05, 4.69) is 19.8 Å². The molecule has 0 aliphatic heterocycles. The monoisotopic (exact) mass is 194 g/mol. The van der Waals surface area contributed by atoms with Crippen molar-refractivity contribution in [1.82, 2.24) is 19.6 Å². The summed E-state index contributed by atoms with van der Waals surface area (Å²) in [5.74, 6) is -0.523. The third-order valence-electron chi connectivity index (χ3n) is 1.66. The molecular weight excluding hydrogens is 188 g/mol. The molecule has 2 heterocycles. The molecule has 0 aliphatic carbocycles. The van der Waals surface area contributed by atoms with E-state index in [9.17, 15) is 9.59 Å². The lowest BCUT2D eigenvalue weighted by Crippen LogP contribution is -2.18. The van der Waals surface area contributed by atoms with Crippen LogP contribution in [-0.4, -0.2) is 32.7 Å². The van der Waals surface area contributed by atoms with E-state index < -0.39 is 11.5 Å². The molecule has 0 amide bonds. The number of carbonyl (C=O) groups excluding carboxylic acids is 1. The molecule has 1 N–H and O–H groups in total. The van der Waals surface area contributed by atoms with Gasteiger partial charge < -0.3 is 4.74 Å². The van der Waals surface area contributed by atoms with Gasteiger partial charge in [0.1, 0.15) is 6.33 Å². The average molecular weight is 194 g/mol. The van der Waals surface area contributed by atoms with Gasteiger partial charge in [0.05, 0.1) is 7.11 Å². The molecule has 0 aliphatic rings. The zero-order chi connectivity index (χ0) is 10.1. The van der Waals surface area contributed by atoms with Crippen LogP contribution in [0.25, 0.3) is 5.78 Å². The van der Waals surface area contributed by atoms with Gasteiger partial charge >= 0.3 is 5.97 Å². The van der Waals surface area contributed by atoms with Crippen LogP contribution in [0.15, 0.2) is 17.2 Å². The summed E-state index contributed by atoms with van der Waals surface area (Å²) in [6.45, 7) is 0. The van der Waals surface area contributed by atoms with E-state index in [0.717, 1.165) is 10.6 Å². The SMILES string of the molecule is COC(=O)c1cc(=O)n2[nH]cnc2n1. The van der Waals surface area contributed by atoms with Crippen LogP contribution in [0.1, 0.15) is 10.5 Å². The quantitative estimate of drug-likeness (QED) is 0.600. The van der Waals surface area contributed by atoms with Crippen molar-refractivity contribution >= 4 is 11.7 Å². The number of nitrogens with zero attached hydrogens (tertiary/aromatic N) is 3. The summed E-state index contributed by atoms with van der Waals surface area (Å²) in [5.41, 5.74) is -0.461. The highest BCUT2D eigenvalue weighted by molar-refractivity contribution is 5.87. The summed E-state index contributed by atoms with van der Waals surface area (Å²) in [5, 5.41) is 2.55. The van der Waals surface area contributed by atoms with Crippen molar-refractivity contribution in [3.05, 3.63) is 28.4 Å². The van der Waals surface area contributed by atoms with Gasteiger partial charge in [-0.2, -0.15) is 4.52 Å². The van der Waals surface area contributed by atoms with Crippen LogP contribution < -0.4 is 5.56 Å². The van der Waals surface area contributed by atoms with Crippen molar-refractivity contribution in [3.8, 4) is 0 Å². The Labute approximate surface area is 77.3 Å². The molecule has 0 atom stereocenters. The maximum atomic E-state index is 11.3. The van der Waals surface area contributed by atoms with E-state index in [-0.39, 0.29) is 11.5 Å². The molecule has 0 bridgehead atoms. The lowest BCUT2D eigenvalue weighted by molar-refractivity contribution is 0.0594. The van der Waals surface area contributed by atoms with Crippen molar-refractivity contribution in [2.75, 3.05) is 7.11 Å². The van der Waals surface area contributed by atoms with Gasteiger partial charge in [-0.05, 0) is 0 Å². The molecule has 7 nitrogen and oxygen atoms in total. The van der Waals surface area contributed by atoms with Gasteiger partial charge in [-0.3, -0.25) is 9.89 Å². The molecule has 0 fully saturated rings. The fourth-order valence-corrected chi connectivity index (χ4v) is 1.03. The van der Waals surface area contributed by atoms with Crippen LogP contribution >= 0.6 is 0 Å². The molecule has 0 unspecified atom stereocenters. The Balaban J connectivity index is 2.70. The third kappa shape index (κ3) is 1.15. The first-order valence-corrected chi connectivity index (χ1v) is 3.74. The maximum Gasteiger partial charge on any atom is 0.357 e. The molecule has 14 heavy (non-hydrogen) atoms. The fourth-order valence-electron chi connectivity index (χ4n) is 1.03. The Morgan fingerprint density at radius 3 is 3.14 bits per heavy atom. The highest BCUT2D eigenvalue weighted by Crippen LogP contribution is 1.95. The summed E-state index contributed by atoms with van der Waals surface area (Å²) in [4.78, 5) is 29.9. The number of rotatable bonds is 1. The lowest BCUT2D eigenvalue weighted by atomic mass is 10.4. The van der Waals surface area contributed by atoms with Crippen molar-refractivity contribution in [2.24, 2.45) is 0 Å². The Morgan fingerprint density at radius 1 is 1.64 bits per heavy atom. The van der Waals surface area contributed by atoms with Crippen molar-refractivity contribution in [2.45, 2.75) is 0 Å². The van der Waals surface area contributed by atoms with E-state index in [1.54, 1.807) is 0 Å². The van der Waals surface area contributed by atoms with Crippen LogP contribution in [-0.2, 0) is 4.74 Å². The number of ether oxygens (including phenoxy) is 1. The Morgan fingerprint density at radius 2 is 2.43 bits per heavy atom. The smallest absolute Gasteiger partial charge is 0.357 e. The summed E-state index contributed by atoms with van der Waals surface area (Å²) in [6.07, 6.45) is 1.31. The lowest BCUT2D eigenvalue weighted by Gasteiger charge is -1.96. The number of aromatic nitrogens is 4. The molecule has 7 heteroatoms. The largest absolute Gasteiger partial charge is 0.464 e. The molecule has 2 aromatic rings. The molecule has 0 saturated heterocycles. The zero-order valence-electron chi connectivity index (χ0n) is 7.22. The molecule has 0 spiro atoms. The summed E-state index contributed by atoms with van der Waals surface area (Å²) >= 11 is 0. The molecule has 2 aromatic heterocycles. The maximum absolute atomic E-state index is 11.3. The normalized spacial score (nSPS) is 10.4. The van der Waals surface area contributed by atoms with Crippen LogP contribution in [0, 0.1) is 0 Å². The predicted molar refractivity (Wildman–Crippen MR) is 44.9 cm³/mol. The summed E-state index contributed by atoms with van der Waals surface area (Å²) < 4.78 is 5.55. The number of esters is 1. The second-order valence-corrected chi connectivity index (χ2v) is 2.49. The van der Waals surface area contributed by atoms with Crippen molar-refractivity contribution < 1.29 is 9.53 Å². The predicted octanol–water partition coefficient (Wildman–Crippen LogP) is -0.796. The Kier molecular flexibility index (Phi) is 1.77. The highest BCUT2D eigenvalue weighted by atomic mass is 16.5. The second kappa shape index (κ2) is 2.95. The minimum atomic E-state index is -0.660. The first-order valence-electron chi connectivity index (χ1n) is 3.74. The van der Waals surface area contributed by atoms with E-state index in [0.29, 0.717) is 0 Å². The number of carbonyl (C=O) groups is 1. The Bertz CT molecular complexity index is 541. The number of nitrogens with one attached hydrogen (secondary N) is 1. The molecule has 2 rings (SSSR count). The number of methoxy groups -OCH3 is 1. The molecule has 0 radical (unpaired) electrons. The number of fused-ring (bicyclic) bond motifs is 1. The standard InChI is InChI=1S/C7H6N4O3/c1-14-6(13)4-2-5(12)11-7(10-4)8-3-9-11/h2-3H,1H3,(H,8,9,10). The zero-order valence-corrected chi connectivity index (χ0v) is 7.22. The van der Waals surface area contributed by atoms with Crippen molar-refractivity contribution in [1.29, 1.82) is 0 Å². The molecule has 72 valence electrons. The van der Waals surface area contributed by atoms with E-state index in [1.165, 1.54) is 13.4 Å². The van der Waals surface area contributed by atoms with Crippen LogP contribution in [0.3, 0.4) is 0 Å². The topological polar surface area (TPSA) is 89.4 Å². The van der Waals surface area contributed by atoms with E-state index in [1.807, 2.05) is 0 Å². The van der Waals surface area contributed by atoms with E-state index in [4.69, 9.17) is 0 Å². The highest BCUT2D eigenvalue weighted by Gasteiger charge is 2.11. The average Bonchev–Trinajstić information content (AvgIpc) is 2.64. The molecular formula is C7H6N4O3. The molecule has 0 aromatic carbocycles. The summed E-state index contributed by atoms with van der Waals surface area (Å²) in [7, 11) is 1.22. The first-order chi connectivity index (χ1) is 6.72. The number of aromatic amines is 1. The fraction of sp³-hybridized carbons (Fsp3) is 0.143. The number of H-pyrrole nitrogens is 1. The van der Waals surface area contributed by atoms with Gasteiger partial charge in [0.2, 0.25) is 0 Å². The summed E-state index contributed by atoms with van der Waals surface area (Å²) in [6, 6.07) is 1.08. The van der Waals surface area contributed by atoms with Gasteiger partial charge in [0.25, 0.3) is 11.3 Å². The minimum absolute atomic E-state index is 0.0513. The Hall–Kier alpha value is -2.18. The number of hydrogen-bond acceptors (Lipinski definition) is 5. The number of hydrogen-bond donors (Lipinski definition) is 1. The minimum Gasteiger partial charge on any atom is -0.464 e. The van der Waals surface area contributed by atoms with Gasteiger partial charge in [-0.1, -0.05) is 0 Å². The van der Waals surface area contributed by atoms with Crippen molar-refractivity contribution in [3.63, 3.8) is 0 Å². The van der Waals surface area contributed by atoms with Gasteiger partial charge in [0.15, 0.2) is 5.69 Å². The van der Waals surface area contributed by atoms with Gasteiger partial charge in [-0.25, -0.2) is 14.8 Å². The van der Waals surface area contributed by atoms with Crippen LogP contribution in [0.4, 0.5) is 0 Å². The van der Waals surface area contributed by atoms with Crippen LogP contribution in [0.2, 0.25) is 0 Å². The molecule has 0 saturated carbocycles. The first kappa shape index (κ1) is 8.42.